The highest BCUT2D eigenvalue weighted by atomic mass is 19.3. The van der Waals surface area contributed by atoms with Gasteiger partial charge in [-0.3, -0.25) is 0 Å². The van der Waals surface area contributed by atoms with Gasteiger partial charge < -0.3 is 10.6 Å². The maximum absolute atomic E-state index is 13.1. The molecule has 0 spiro atoms. The van der Waals surface area contributed by atoms with Gasteiger partial charge in [-0.05, 0) is 31.2 Å². The monoisotopic (exact) mass is 290 g/mol. The molecule has 0 aliphatic rings. The van der Waals surface area contributed by atoms with E-state index in [1.54, 1.807) is 12.1 Å². The van der Waals surface area contributed by atoms with Crippen molar-refractivity contribution in [1.82, 2.24) is 0 Å². The largest absolute Gasteiger partial charge is 0.323 e. The summed E-state index contributed by atoms with van der Waals surface area (Å²) in [7, 11) is 0. The molecule has 0 heterocycles. The van der Waals surface area contributed by atoms with Gasteiger partial charge in [-0.25, -0.2) is 13.6 Å². The predicted octanol–water partition coefficient (Wildman–Crippen LogP) is 4.75. The summed E-state index contributed by atoms with van der Waals surface area (Å²) in [6.45, 7) is 2.79. The quantitative estimate of drug-likeness (QED) is 0.841. The average molecular weight is 290 g/mol. The second-order valence-corrected chi connectivity index (χ2v) is 4.91. The molecule has 0 aliphatic heterocycles. The Morgan fingerprint density at radius 1 is 0.905 bits per heavy atom. The lowest BCUT2D eigenvalue weighted by molar-refractivity contribution is 0.0175. The molecule has 5 heteroatoms. The molecule has 0 aromatic heterocycles. The van der Waals surface area contributed by atoms with E-state index in [-0.39, 0.29) is 5.56 Å². The third-order valence-corrected chi connectivity index (χ3v) is 2.96. The summed E-state index contributed by atoms with van der Waals surface area (Å²) in [5.41, 5.74) is 2.12. The Morgan fingerprint density at radius 2 is 1.33 bits per heavy atom. The van der Waals surface area contributed by atoms with Crippen LogP contribution in [0.4, 0.5) is 25.0 Å². The summed E-state index contributed by atoms with van der Waals surface area (Å²) < 4.78 is 26.1. The summed E-state index contributed by atoms with van der Waals surface area (Å²) in [5, 5.41) is 5.25. The number of carbonyl (C=O) groups excluding carboxylic acids is 1. The Bertz CT molecular complexity index is 616. The molecule has 0 bridgehead atoms. The number of rotatable bonds is 3. The van der Waals surface area contributed by atoms with Crippen molar-refractivity contribution in [3.05, 3.63) is 59.7 Å². The zero-order chi connectivity index (χ0) is 15.5. The maximum atomic E-state index is 13.1. The van der Waals surface area contributed by atoms with Crippen LogP contribution in [0.25, 0.3) is 0 Å². The number of amides is 2. The minimum absolute atomic E-state index is 0.0907. The summed E-state index contributed by atoms with van der Waals surface area (Å²) in [6.07, 6.45) is 0. The maximum Gasteiger partial charge on any atom is 0.323 e. The van der Waals surface area contributed by atoms with Crippen LogP contribution in [0, 0.1) is 6.92 Å². The van der Waals surface area contributed by atoms with Crippen molar-refractivity contribution in [1.29, 1.82) is 0 Å². The number of hydrogen-bond acceptors (Lipinski definition) is 1. The van der Waals surface area contributed by atoms with Crippen LogP contribution in [0.15, 0.2) is 48.5 Å². The third kappa shape index (κ3) is 4.27. The van der Waals surface area contributed by atoms with Crippen molar-refractivity contribution in [2.24, 2.45) is 0 Å². The number of benzene rings is 2. The van der Waals surface area contributed by atoms with Crippen molar-refractivity contribution in [2.75, 3.05) is 10.6 Å². The first-order chi connectivity index (χ1) is 9.84. The lowest BCUT2D eigenvalue weighted by Gasteiger charge is -2.12. The van der Waals surface area contributed by atoms with Crippen LogP contribution < -0.4 is 10.6 Å². The van der Waals surface area contributed by atoms with Crippen LogP contribution in [0.1, 0.15) is 18.1 Å². The van der Waals surface area contributed by atoms with Crippen LogP contribution in [-0.2, 0) is 5.92 Å². The molecule has 0 radical (unpaired) electrons. The highest BCUT2D eigenvalue weighted by Crippen LogP contribution is 2.27. The van der Waals surface area contributed by atoms with Crippen molar-refractivity contribution in [3.63, 3.8) is 0 Å². The highest BCUT2D eigenvalue weighted by molar-refractivity contribution is 5.99. The molecule has 2 N–H and O–H groups in total. The second kappa shape index (κ2) is 5.91. The van der Waals surface area contributed by atoms with Crippen LogP contribution in [0.5, 0.6) is 0 Å². The topological polar surface area (TPSA) is 41.1 Å². The fraction of sp³-hybridized carbons (Fsp3) is 0.188. The number of urea groups is 1. The summed E-state index contributed by atoms with van der Waals surface area (Å²) in [5.74, 6) is -2.89. The Labute approximate surface area is 122 Å². The first-order valence-electron chi connectivity index (χ1n) is 6.47. The van der Waals surface area contributed by atoms with E-state index in [4.69, 9.17) is 0 Å². The first-order valence-corrected chi connectivity index (χ1v) is 6.47. The smallest absolute Gasteiger partial charge is 0.308 e. The van der Waals surface area contributed by atoms with Crippen LogP contribution >= 0.6 is 0 Å². The molecule has 21 heavy (non-hydrogen) atoms. The molecule has 0 fully saturated rings. The van der Waals surface area contributed by atoms with E-state index in [1.165, 1.54) is 24.3 Å². The van der Waals surface area contributed by atoms with E-state index >= 15 is 0 Å². The molecule has 2 rings (SSSR count). The number of alkyl halides is 2. The van der Waals surface area contributed by atoms with E-state index in [9.17, 15) is 13.6 Å². The zero-order valence-corrected chi connectivity index (χ0v) is 11.8. The standard InChI is InChI=1S/C16H16F2N2O/c1-11-3-7-13(8-4-11)19-15(21)20-14-9-5-12(6-10-14)16(2,17)18/h3-10H,1-2H3,(H2,19,20,21). The Morgan fingerprint density at radius 3 is 1.76 bits per heavy atom. The van der Waals surface area contributed by atoms with Crippen molar-refractivity contribution in [3.8, 4) is 0 Å². The fourth-order valence-electron chi connectivity index (χ4n) is 1.78. The third-order valence-electron chi connectivity index (χ3n) is 2.96. The molecule has 110 valence electrons. The minimum atomic E-state index is -2.89. The van der Waals surface area contributed by atoms with E-state index in [2.05, 4.69) is 10.6 Å². The molecule has 3 nitrogen and oxygen atoms in total. The van der Waals surface area contributed by atoms with Gasteiger partial charge in [0, 0.05) is 23.9 Å². The van der Waals surface area contributed by atoms with Gasteiger partial charge in [0.1, 0.15) is 0 Å². The van der Waals surface area contributed by atoms with Gasteiger partial charge in [0.05, 0.1) is 0 Å². The van der Waals surface area contributed by atoms with Crippen molar-refractivity contribution < 1.29 is 13.6 Å². The number of hydrogen-bond donors (Lipinski definition) is 2. The Hall–Kier alpha value is -2.43. The molecule has 0 unspecified atom stereocenters. The van der Waals surface area contributed by atoms with Crippen molar-refractivity contribution in [2.45, 2.75) is 19.8 Å². The van der Waals surface area contributed by atoms with E-state index in [0.717, 1.165) is 12.5 Å². The Balaban J connectivity index is 1.98. The van der Waals surface area contributed by atoms with E-state index < -0.39 is 12.0 Å². The van der Waals surface area contributed by atoms with Crippen LogP contribution in [-0.4, -0.2) is 6.03 Å². The van der Waals surface area contributed by atoms with Gasteiger partial charge in [-0.1, -0.05) is 29.8 Å². The minimum Gasteiger partial charge on any atom is -0.308 e. The molecule has 0 saturated heterocycles. The molecule has 0 aliphatic carbocycles. The SMILES string of the molecule is Cc1ccc(NC(=O)Nc2ccc(C(C)(F)F)cc2)cc1. The van der Waals surface area contributed by atoms with Gasteiger partial charge in [-0.2, -0.15) is 0 Å². The molecule has 0 saturated carbocycles. The molecule has 2 aromatic rings. The number of aryl methyl sites for hydroxylation is 1. The summed E-state index contributed by atoms with van der Waals surface area (Å²) in [6, 6.07) is 12.4. The van der Waals surface area contributed by atoms with Gasteiger partial charge in [-0.15, -0.1) is 0 Å². The zero-order valence-electron chi connectivity index (χ0n) is 11.8. The highest BCUT2D eigenvalue weighted by Gasteiger charge is 2.23. The molecular weight excluding hydrogens is 274 g/mol. The van der Waals surface area contributed by atoms with Crippen molar-refractivity contribution >= 4 is 17.4 Å². The number of halogens is 2. The normalized spacial score (nSPS) is 11.0. The summed E-state index contributed by atoms with van der Waals surface area (Å²) >= 11 is 0. The molecule has 2 amide bonds. The van der Waals surface area contributed by atoms with Gasteiger partial charge >= 0.3 is 6.03 Å². The van der Waals surface area contributed by atoms with Crippen LogP contribution in [0.3, 0.4) is 0 Å². The van der Waals surface area contributed by atoms with Gasteiger partial charge in [0.15, 0.2) is 0 Å². The lowest BCUT2D eigenvalue weighted by atomic mass is 10.1. The lowest BCUT2D eigenvalue weighted by Crippen LogP contribution is -2.19. The molecule has 0 atom stereocenters. The first kappa shape index (κ1) is 15.0. The molecule has 2 aromatic carbocycles. The van der Waals surface area contributed by atoms with E-state index in [0.29, 0.717) is 11.4 Å². The second-order valence-electron chi connectivity index (χ2n) is 4.91. The number of carbonyl (C=O) groups is 1. The van der Waals surface area contributed by atoms with Crippen LogP contribution in [0.2, 0.25) is 0 Å². The number of nitrogens with one attached hydrogen (secondary N) is 2. The molecular formula is C16H16F2N2O. The summed E-state index contributed by atoms with van der Waals surface area (Å²) in [4.78, 5) is 11.8. The number of anilines is 2. The van der Waals surface area contributed by atoms with Gasteiger partial charge in [0.25, 0.3) is 5.92 Å². The van der Waals surface area contributed by atoms with Gasteiger partial charge in [0.2, 0.25) is 0 Å². The predicted molar refractivity (Wildman–Crippen MR) is 79.8 cm³/mol. The average Bonchev–Trinajstić information content (AvgIpc) is 2.41. The fourth-order valence-corrected chi connectivity index (χ4v) is 1.78. The Kier molecular flexibility index (Phi) is 4.21. The van der Waals surface area contributed by atoms with E-state index in [1.807, 2.05) is 19.1 Å².